The van der Waals surface area contributed by atoms with Crippen molar-refractivity contribution in [2.75, 3.05) is 13.6 Å². The average Bonchev–Trinajstić information content (AvgIpc) is 2.42. The van der Waals surface area contributed by atoms with Gasteiger partial charge < -0.3 is 0 Å². The van der Waals surface area contributed by atoms with Gasteiger partial charge in [-0.15, -0.1) is 0 Å². The summed E-state index contributed by atoms with van der Waals surface area (Å²) in [5.74, 6) is 0.421. The summed E-state index contributed by atoms with van der Waals surface area (Å²) >= 11 is 3.36. The van der Waals surface area contributed by atoms with Gasteiger partial charge in [0.2, 0.25) is 0 Å². The maximum atomic E-state index is 13.1. The number of hydrogen-bond donors (Lipinski definition) is 0. The Morgan fingerprint density at radius 2 is 1.90 bits per heavy atom. The number of benzene rings is 1. The minimum atomic E-state index is -0.256. The summed E-state index contributed by atoms with van der Waals surface area (Å²) in [5.41, 5.74) is 0.939. The standard InChI is InChI=1S/C15H15BrFN3/c1-11(16)10-20(2)14(15-18-8-3-9-19-15)12-4-6-13(17)7-5-12/h3-9,14H,1,10H2,2H3/t14-/m0/s1. The van der Waals surface area contributed by atoms with Gasteiger partial charge in [-0.1, -0.05) is 34.6 Å². The van der Waals surface area contributed by atoms with Gasteiger partial charge in [0.25, 0.3) is 0 Å². The van der Waals surface area contributed by atoms with Crippen LogP contribution in [-0.2, 0) is 0 Å². The Balaban J connectivity index is 2.38. The Morgan fingerprint density at radius 3 is 2.45 bits per heavy atom. The highest BCUT2D eigenvalue weighted by Crippen LogP contribution is 2.26. The van der Waals surface area contributed by atoms with E-state index in [2.05, 4.69) is 37.4 Å². The first-order chi connectivity index (χ1) is 9.58. The van der Waals surface area contributed by atoms with E-state index in [9.17, 15) is 4.39 Å². The van der Waals surface area contributed by atoms with Crippen molar-refractivity contribution < 1.29 is 4.39 Å². The Morgan fingerprint density at radius 1 is 1.30 bits per heavy atom. The highest BCUT2D eigenvalue weighted by atomic mass is 79.9. The van der Waals surface area contributed by atoms with Crippen molar-refractivity contribution in [2.24, 2.45) is 0 Å². The van der Waals surface area contributed by atoms with E-state index < -0.39 is 0 Å². The second-order valence-corrected chi connectivity index (χ2v) is 5.61. The molecule has 0 radical (unpaired) electrons. The van der Waals surface area contributed by atoms with E-state index in [-0.39, 0.29) is 11.9 Å². The quantitative estimate of drug-likeness (QED) is 0.836. The molecule has 0 unspecified atom stereocenters. The Labute approximate surface area is 126 Å². The fourth-order valence-corrected chi connectivity index (χ4v) is 2.46. The molecular weight excluding hydrogens is 321 g/mol. The van der Waals surface area contributed by atoms with Crippen LogP contribution in [0.4, 0.5) is 4.39 Å². The maximum Gasteiger partial charge on any atom is 0.149 e. The topological polar surface area (TPSA) is 29.0 Å². The number of halogens is 2. The van der Waals surface area contributed by atoms with Crippen molar-refractivity contribution in [1.29, 1.82) is 0 Å². The molecule has 0 fully saturated rings. The largest absolute Gasteiger partial charge is 0.288 e. The Bertz CT molecular complexity index is 571. The molecule has 0 bridgehead atoms. The van der Waals surface area contributed by atoms with E-state index in [4.69, 9.17) is 0 Å². The van der Waals surface area contributed by atoms with Gasteiger partial charge in [0.05, 0.1) is 6.04 Å². The number of aromatic nitrogens is 2. The van der Waals surface area contributed by atoms with Crippen LogP contribution in [-0.4, -0.2) is 28.5 Å². The van der Waals surface area contributed by atoms with Gasteiger partial charge in [0.1, 0.15) is 11.6 Å². The summed E-state index contributed by atoms with van der Waals surface area (Å²) in [6.45, 7) is 4.49. The van der Waals surface area contributed by atoms with Crippen LogP contribution in [0.2, 0.25) is 0 Å². The predicted molar refractivity (Wildman–Crippen MR) is 81.0 cm³/mol. The molecule has 0 aliphatic rings. The molecule has 3 nitrogen and oxygen atoms in total. The van der Waals surface area contributed by atoms with Gasteiger partial charge in [-0.2, -0.15) is 0 Å². The van der Waals surface area contributed by atoms with Crippen molar-refractivity contribution in [3.8, 4) is 0 Å². The normalized spacial score (nSPS) is 12.4. The third-order valence-electron chi connectivity index (χ3n) is 2.88. The number of rotatable bonds is 5. The Hall–Kier alpha value is -1.59. The monoisotopic (exact) mass is 335 g/mol. The molecule has 1 aromatic carbocycles. The minimum Gasteiger partial charge on any atom is -0.288 e. The zero-order valence-electron chi connectivity index (χ0n) is 11.1. The van der Waals surface area contributed by atoms with Crippen LogP contribution in [0.1, 0.15) is 17.4 Å². The van der Waals surface area contributed by atoms with Gasteiger partial charge in [0, 0.05) is 23.4 Å². The van der Waals surface area contributed by atoms with Crippen LogP contribution >= 0.6 is 15.9 Å². The molecule has 0 saturated carbocycles. The van der Waals surface area contributed by atoms with E-state index in [1.165, 1.54) is 12.1 Å². The number of hydrogen-bond acceptors (Lipinski definition) is 3. The minimum absolute atomic E-state index is 0.147. The number of nitrogens with zero attached hydrogens (tertiary/aromatic N) is 3. The second kappa shape index (κ2) is 6.72. The first-order valence-corrected chi connectivity index (χ1v) is 6.93. The van der Waals surface area contributed by atoms with Gasteiger partial charge in [-0.25, -0.2) is 14.4 Å². The van der Waals surface area contributed by atoms with Crippen LogP contribution in [0.15, 0.2) is 53.8 Å². The molecule has 2 rings (SSSR count). The zero-order valence-corrected chi connectivity index (χ0v) is 12.7. The summed E-state index contributed by atoms with van der Waals surface area (Å²) in [5, 5.41) is 0. The third-order valence-corrected chi connectivity index (χ3v) is 3.13. The van der Waals surface area contributed by atoms with Crippen LogP contribution in [0, 0.1) is 5.82 Å². The van der Waals surface area contributed by atoms with Gasteiger partial charge >= 0.3 is 0 Å². The summed E-state index contributed by atoms with van der Waals surface area (Å²) in [6, 6.07) is 8.03. The second-order valence-electron chi connectivity index (χ2n) is 4.49. The molecule has 1 atom stereocenters. The van der Waals surface area contributed by atoms with Gasteiger partial charge in [0.15, 0.2) is 0 Å². The highest BCUT2D eigenvalue weighted by molar-refractivity contribution is 9.11. The molecule has 0 aliphatic carbocycles. The highest BCUT2D eigenvalue weighted by Gasteiger charge is 2.22. The first kappa shape index (κ1) is 14.8. The van der Waals surface area contributed by atoms with Crippen LogP contribution in [0.3, 0.4) is 0 Å². The van der Waals surface area contributed by atoms with E-state index in [1.54, 1.807) is 30.6 Å². The molecule has 20 heavy (non-hydrogen) atoms. The van der Waals surface area contributed by atoms with Crippen molar-refractivity contribution in [1.82, 2.24) is 14.9 Å². The van der Waals surface area contributed by atoms with Crippen LogP contribution in [0.5, 0.6) is 0 Å². The van der Waals surface area contributed by atoms with E-state index in [0.29, 0.717) is 12.4 Å². The lowest BCUT2D eigenvalue weighted by molar-refractivity contribution is 0.297. The van der Waals surface area contributed by atoms with Gasteiger partial charge in [-0.05, 0) is 30.8 Å². The van der Waals surface area contributed by atoms with E-state index >= 15 is 0 Å². The van der Waals surface area contributed by atoms with E-state index in [0.717, 1.165) is 10.0 Å². The summed E-state index contributed by atoms with van der Waals surface area (Å²) in [4.78, 5) is 10.7. The van der Waals surface area contributed by atoms with Crippen molar-refractivity contribution in [3.05, 3.63) is 71.0 Å². The molecule has 1 aromatic heterocycles. The summed E-state index contributed by atoms with van der Waals surface area (Å²) in [6.07, 6.45) is 3.41. The average molecular weight is 336 g/mol. The van der Waals surface area contributed by atoms with Crippen molar-refractivity contribution >= 4 is 15.9 Å². The fraction of sp³-hybridized carbons (Fsp3) is 0.200. The molecule has 104 valence electrons. The summed E-state index contributed by atoms with van der Waals surface area (Å²) in [7, 11) is 1.96. The molecule has 2 aromatic rings. The van der Waals surface area contributed by atoms with Crippen LogP contribution in [0.25, 0.3) is 0 Å². The fourth-order valence-electron chi connectivity index (χ4n) is 2.06. The van der Waals surface area contributed by atoms with Crippen molar-refractivity contribution in [2.45, 2.75) is 6.04 Å². The van der Waals surface area contributed by atoms with Crippen molar-refractivity contribution in [3.63, 3.8) is 0 Å². The molecule has 0 spiro atoms. The van der Waals surface area contributed by atoms with Crippen LogP contribution < -0.4 is 0 Å². The Kier molecular flexibility index (Phi) is 4.98. The zero-order chi connectivity index (χ0) is 14.5. The molecule has 0 N–H and O–H groups in total. The lowest BCUT2D eigenvalue weighted by atomic mass is 10.0. The molecule has 0 aliphatic heterocycles. The number of likely N-dealkylation sites (N-methyl/N-ethyl adjacent to an activating group) is 1. The third kappa shape index (κ3) is 3.71. The maximum absolute atomic E-state index is 13.1. The molecule has 0 amide bonds. The predicted octanol–water partition coefficient (Wildman–Crippen LogP) is 3.55. The molecule has 0 saturated heterocycles. The smallest absolute Gasteiger partial charge is 0.149 e. The molecule has 1 heterocycles. The van der Waals surface area contributed by atoms with E-state index in [1.807, 2.05) is 7.05 Å². The van der Waals surface area contributed by atoms with Gasteiger partial charge in [-0.3, -0.25) is 4.90 Å². The molecule has 5 heteroatoms. The SMILES string of the molecule is C=C(Br)CN(C)[C@@H](c1ccc(F)cc1)c1ncccn1. The lowest BCUT2D eigenvalue weighted by Crippen LogP contribution is -2.28. The lowest BCUT2D eigenvalue weighted by Gasteiger charge is -2.27. The molecular formula is C15H15BrFN3. The first-order valence-electron chi connectivity index (χ1n) is 6.14. The summed E-state index contributed by atoms with van der Waals surface area (Å²) < 4.78 is 14.0.